The molecule has 1 aliphatic rings. The lowest BCUT2D eigenvalue weighted by atomic mass is 10.2. The van der Waals surface area contributed by atoms with Crippen molar-refractivity contribution in [3.05, 3.63) is 78.4 Å². The molecular weight excluding hydrogens is 368 g/mol. The van der Waals surface area contributed by atoms with Gasteiger partial charge in [-0.25, -0.2) is 4.98 Å². The third kappa shape index (κ3) is 3.04. The number of thiazole rings is 1. The quantitative estimate of drug-likeness (QED) is 0.499. The molecule has 28 heavy (non-hydrogen) atoms. The molecule has 2 heterocycles. The fourth-order valence-corrected chi connectivity index (χ4v) is 4.57. The van der Waals surface area contributed by atoms with E-state index in [2.05, 4.69) is 12.1 Å². The summed E-state index contributed by atoms with van der Waals surface area (Å²) in [4.78, 5) is 19.3. The van der Waals surface area contributed by atoms with E-state index in [0.717, 1.165) is 32.9 Å². The number of hydrogen-bond donors (Lipinski definition) is 0. The van der Waals surface area contributed by atoms with Crippen molar-refractivity contribution in [2.75, 3.05) is 18.1 Å². The maximum absolute atomic E-state index is 12.8. The van der Waals surface area contributed by atoms with Gasteiger partial charge >= 0.3 is 0 Å². The maximum Gasteiger partial charge on any atom is 0.264 e. The number of hydrogen-bond acceptors (Lipinski definition) is 4. The molecule has 0 saturated heterocycles. The van der Waals surface area contributed by atoms with Crippen LogP contribution in [-0.2, 0) is 11.2 Å². The van der Waals surface area contributed by atoms with E-state index >= 15 is 0 Å². The van der Waals surface area contributed by atoms with Gasteiger partial charge in [0.1, 0.15) is 10.8 Å². The molecule has 5 heteroatoms. The van der Waals surface area contributed by atoms with E-state index in [-0.39, 0.29) is 12.5 Å². The number of ether oxygens (including phenoxy) is 1. The normalized spacial score (nSPS) is 12.9. The van der Waals surface area contributed by atoms with Crippen LogP contribution in [0.15, 0.2) is 72.8 Å². The number of benzene rings is 3. The SMILES string of the molecule is O=C(COc1ccccc1-c1nc2ccccc2s1)N1CCc2ccccc21. The lowest BCUT2D eigenvalue weighted by Crippen LogP contribution is -2.33. The minimum atomic E-state index is -0.0240. The molecule has 1 aliphatic heterocycles. The molecular formula is C23H18N2O2S. The van der Waals surface area contributed by atoms with Crippen LogP contribution < -0.4 is 9.64 Å². The number of aromatic nitrogens is 1. The molecule has 0 spiro atoms. The molecule has 0 N–H and O–H groups in total. The highest BCUT2D eigenvalue weighted by Crippen LogP contribution is 2.35. The summed E-state index contributed by atoms with van der Waals surface area (Å²) < 4.78 is 7.09. The van der Waals surface area contributed by atoms with Crippen LogP contribution in [0, 0.1) is 0 Å². The molecule has 4 aromatic rings. The number of para-hydroxylation sites is 3. The fraction of sp³-hybridized carbons (Fsp3) is 0.130. The van der Waals surface area contributed by atoms with E-state index < -0.39 is 0 Å². The summed E-state index contributed by atoms with van der Waals surface area (Å²) in [6, 6.07) is 23.9. The second kappa shape index (κ2) is 7.09. The van der Waals surface area contributed by atoms with E-state index in [9.17, 15) is 4.79 Å². The van der Waals surface area contributed by atoms with Gasteiger partial charge < -0.3 is 9.64 Å². The van der Waals surface area contributed by atoms with Crippen LogP contribution in [0.5, 0.6) is 5.75 Å². The highest BCUT2D eigenvalue weighted by Gasteiger charge is 2.24. The standard InChI is InChI=1S/C23H18N2O2S/c26-22(25-14-13-16-7-1-4-10-19(16)25)15-27-20-11-5-2-8-17(20)23-24-18-9-3-6-12-21(18)28-23/h1-12H,13-15H2. The molecule has 3 aromatic carbocycles. The van der Waals surface area contributed by atoms with Crippen LogP contribution in [0.4, 0.5) is 5.69 Å². The maximum atomic E-state index is 12.8. The predicted molar refractivity (Wildman–Crippen MR) is 113 cm³/mol. The number of nitrogens with zero attached hydrogens (tertiary/aromatic N) is 2. The van der Waals surface area contributed by atoms with Crippen molar-refractivity contribution in [3.63, 3.8) is 0 Å². The molecule has 1 aromatic heterocycles. The molecule has 1 amide bonds. The van der Waals surface area contributed by atoms with Gasteiger partial charge in [0.15, 0.2) is 6.61 Å². The summed E-state index contributed by atoms with van der Waals surface area (Å²) in [6.07, 6.45) is 0.893. The zero-order valence-electron chi connectivity index (χ0n) is 15.2. The van der Waals surface area contributed by atoms with Crippen molar-refractivity contribution in [1.29, 1.82) is 0 Å². The molecule has 0 fully saturated rings. The van der Waals surface area contributed by atoms with Crippen molar-refractivity contribution >= 4 is 33.1 Å². The molecule has 4 nitrogen and oxygen atoms in total. The zero-order valence-corrected chi connectivity index (χ0v) is 16.0. The first-order valence-electron chi connectivity index (χ1n) is 9.25. The van der Waals surface area contributed by atoms with Crippen LogP contribution in [0.2, 0.25) is 0 Å². The predicted octanol–water partition coefficient (Wildman–Crippen LogP) is 4.93. The van der Waals surface area contributed by atoms with E-state index in [1.54, 1.807) is 11.3 Å². The van der Waals surface area contributed by atoms with Crippen LogP contribution >= 0.6 is 11.3 Å². The Morgan fingerprint density at radius 3 is 2.71 bits per heavy atom. The monoisotopic (exact) mass is 386 g/mol. The lowest BCUT2D eigenvalue weighted by Gasteiger charge is -2.18. The first kappa shape index (κ1) is 17.0. The highest BCUT2D eigenvalue weighted by molar-refractivity contribution is 7.21. The molecule has 0 saturated carbocycles. The molecule has 5 rings (SSSR count). The Balaban J connectivity index is 1.37. The van der Waals surface area contributed by atoms with E-state index in [4.69, 9.17) is 9.72 Å². The average molecular weight is 386 g/mol. The number of carbonyl (C=O) groups is 1. The van der Waals surface area contributed by atoms with Crippen LogP contribution in [0.25, 0.3) is 20.8 Å². The Morgan fingerprint density at radius 2 is 1.79 bits per heavy atom. The third-order valence-corrected chi connectivity index (χ3v) is 6.02. The van der Waals surface area contributed by atoms with Crippen molar-refractivity contribution in [2.24, 2.45) is 0 Å². The van der Waals surface area contributed by atoms with Gasteiger partial charge in [-0.15, -0.1) is 11.3 Å². The zero-order chi connectivity index (χ0) is 18.9. The first-order chi connectivity index (χ1) is 13.8. The highest BCUT2D eigenvalue weighted by atomic mass is 32.1. The second-order valence-corrected chi connectivity index (χ2v) is 7.73. The van der Waals surface area contributed by atoms with Gasteiger partial charge in [-0.3, -0.25) is 4.79 Å². The number of anilines is 1. The Morgan fingerprint density at radius 1 is 1.00 bits per heavy atom. The Kier molecular flexibility index (Phi) is 4.29. The molecule has 0 radical (unpaired) electrons. The average Bonchev–Trinajstić information content (AvgIpc) is 3.36. The van der Waals surface area contributed by atoms with Gasteiger partial charge in [0.25, 0.3) is 5.91 Å². The van der Waals surface area contributed by atoms with Gasteiger partial charge in [-0.1, -0.05) is 42.5 Å². The molecule has 0 bridgehead atoms. The first-order valence-corrected chi connectivity index (χ1v) is 10.1. The summed E-state index contributed by atoms with van der Waals surface area (Å²) in [5.41, 5.74) is 4.10. The molecule has 0 unspecified atom stereocenters. The van der Waals surface area contributed by atoms with Gasteiger partial charge in [-0.05, 0) is 42.3 Å². The van der Waals surface area contributed by atoms with Crippen molar-refractivity contribution < 1.29 is 9.53 Å². The second-order valence-electron chi connectivity index (χ2n) is 6.70. The number of carbonyl (C=O) groups excluding carboxylic acids is 1. The smallest absolute Gasteiger partial charge is 0.264 e. The Labute approximate surface area is 167 Å². The van der Waals surface area contributed by atoms with E-state index in [1.807, 2.05) is 65.6 Å². The molecule has 0 atom stereocenters. The van der Waals surface area contributed by atoms with E-state index in [0.29, 0.717) is 12.3 Å². The van der Waals surface area contributed by atoms with Crippen molar-refractivity contribution in [1.82, 2.24) is 4.98 Å². The van der Waals surface area contributed by atoms with E-state index in [1.165, 1.54) is 5.56 Å². The summed E-state index contributed by atoms with van der Waals surface area (Å²) in [7, 11) is 0. The van der Waals surface area contributed by atoms with Gasteiger partial charge in [0.2, 0.25) is 0 Å². The third-order valence-electron chi connectivity index (χ3n) is 4.95. The van der Waals surface area contributed by atoms with Crippen LogP contribution in [0.1, 0.15) is 5.56 Å². The van der Waals surface area contributed by atoms with Crippen molar-refractivity contribution in [2.45, 2.75) is 6.42 Å². The summed E-state index contributed by atoms with van der Waals surface area (Å²) >= 11 is 1.63. The Bertz CT molecular complexity index is 1130. The molecule has 0 aliphatic carbocycles. The number of amides is 1. The fourth-order valence-electron chi connectivity index (χ4n) is 3.57. The summed E-state index contributed by atoms with van der Waals surface area (Å²) in [5, 5.41) is 0.899. The van der Waals surface area contributed by atoms with Crippen LogP contribution in [0.3, 0.4) is 0 Å². The Hall–Kier alpha value is -3.18. The van der Waals surface area contributed by atoms with Crippen LogP contribution in [-0.4, -0.2) is 24.0 Å². The largest absolute Gasteiger partial charge is 0.483 e. The van der Waals surface area contributed by atoms with Gasteiger partial charge in [0.05, 0.1) is 15.8 Å². The van der Waals surface area contributed by atoms with Gasteiger partial charge in [-0.2, -0.15) is 0 Å². The summed E-state index contributed by atoms with van der Waals surface area (Å²) in [6.45, 7) is 0.720. The minimum Gasteiger partial charge on any atom is -0.483 e. The molecule has 138 valence electrons. The van der Waals surface area contributed by atoms with Gasteiger partial charge in [0, 0.05) is 12.2 Å². The van der Waals surface area contributed by atoms with Crippen molar-refractivity contribution in [3.8, 4) is 16.3 Å². The lowest BCUT2D eigenvalue weighted by molar-refractivity contribution is -0.120. The summed E-state index contributed by atoms with van der Waals surface area (Å²) in [5.74, 6) is 0.659. The number of fused-ring (bicyclic) bond motifs is 2. The topological polar surface area (TPSA) is 42.4 Å². The minimum absolute atomic E-state index is 0.0102. The number of rotatable bonds is 4.